The lowest BCUT2D eigenvalue weighted by Crippen LogP contribution is -2.19. The molecule has 3 N–H and O–H groups in total. The summed E-state index contributed by atoms with van der Waals surface area (Å²) in [6, 6.07) is 7.05. The predicted molar refractivity (Wildman–Crippen MR) is 74.6 cm³/mol. The molecule has 0 fully saturated rings. The largest absolute Gasteiger partial charge is 0.351 e. The first-order chi connectivity index (χ1) is 9.54. The molecule has 0 saturated heterocycles. The molecule has 4 nitrogen and oxygen atoms in total. The average Bonchev–Trinajstić information content (AvgIpc) is 2.37. The maximum Gasteiger partial charge on any atom is 0.317 e. The number of benzene rings is 1. The average molecular weight is 269 g/mol. The third-order valence-corrected chi connectivity index (χ3v) is 2.54. The van der Waals surface area contributed by atoms with E-state index in [2.05, 4.69) is 22.1 Å². The van der Waals surface area contributed by atoms with Gasteiger partial charge in [-0.1, -0.05) is 11.8 Å². The number of aryl methyl sites for hydroxylation is 1. The van der Waals surface area contributed by atoms with Crippen LogP contribution >= 0.6 is 0 Å². The zero-order valence-corrected chi connectivity index (χ0v) is 10.8. The summed E-state index contributed by atoms with van der Waals surface area (Å²) in [6.07, 6.45) is 1.52. The summed E-state index contributed by atoms with van der Waals surface area (Å²) in [5, 5.41) is 2.37. The Hall–Kier alpha value is -2.87. The second-order valence-electron chi connectivity index (χ2n) is 4.13. The van der Waals surface area contributed by atoms with Gasteiger partial charge in [0, 0.05) is 17.3 Å². The Balaban J connectivity index is 2.26. The first kappa shape index (κ1) is 13.6. The van der Waals surface area contributed by atoms with Crippen LogP contribution < -0.4 is 11.1 Å². The molecule has 2 amide bonds. The summed E-state index contributed by atoms with van der Waals surface area (Å²) in [5.74, 6) is 5.93. The Bertz CT molecular complexity index is 717. The first-order valence-corrected chi connectivity index (χ1v) is 5.85. The molecule has 0 aliphatic heterocycles. The standard InChI is InChI=1S/C15H12FN3O/c1-10-8-13(16)5-4-12(10)3-2-11-6-7-18-14(9-11)19-15(17)20/h4-9H,1H3,(H3,17,18,19,20). The molecule has 0 aliphatic rings. The van der Waals surface area contributed by atoms with E-state index in [9.17, 15) is 9.18 Å². The van der Waals surface area contributed by atoms with Crippen molar-refractivity contribution in [3.63, 3.8) is 0 Å². The minimum atomic E-state index is -0.683. The fourth-order valence-corrected chi connectivity index (χ4v) is 1.61. The number of primary amides is 1. The van der Waals surface area contributed by atoms with Crippen molar-refractivity contribution < 1.29 is 9.18 Å². The molecule has 2 aromatic rings. The maximum absolute atomic E-state index is 13.0. The van der Waals surface area contributed by atoms with Gasteiger partial charge in [-0.15, -0.1) is 0 Å². The number of rotatable bonds is 1. The molecule has 1 heterocycles. The summed E-state index contributed by atoms with van der Waals surface area (Å²) >= 11 is 0. The third kappa shape index (κ3) is 3.56. The van der Waals surface area contributed by atoms with Gasteiger partial charge in [-0.3, -0.25) is 5.32 Å². The van der Waals surface area contributed by atoms with Crippen LogP contribution in [-0.4, -0.2) is 11.0 Å². The van der Waals surface area contributed by atoms with Crippen LogP contribution in [0, 0.1) is 24.6 Å². The molecule has 0 saturated carbocycles. The second kappa shape index (κ2) is 5.85. The molecule has 0 radical (unpaired) electrons. The van der Waals surface area contributed by atoms with Crippen LogP contribution in [0.4, 0.5) is 15.0 Å². The zero-order valence-electron chi connectivity index (χ0n) is 10.8. The van der Waals surface area contributed by atoms with Crippen LogP contribution in [0.1, 0.15) is 16.7 Å². The molecule has 20 heavy (non-hydrogen) atoms. The summed E-state index contributed by atoms with van der Waals surface area (Å²) in [5.41, 5.74) is 7.19. The number of amides is 2. The van der Waals surface area contributed by atoms with Crippen LogP contribution in [0.25, 0.3) is 0 Å². The maximum atomic E-state index is 13.0. The van der Waals surface area contributed by atoms with Crippen molar-refractivity contribution in [1.82, 2.24) is 4.98 Å². The van der Waals surface area contributed by atoms with Crippen molar-refractivity contribution in [2.75, 3.05) is 5.32 Å². The lowest BCUT2D eigenvalue weighted by atomic mass is 10.1. The molecule has 0 bridgehead atoms. The lowest BCUT2D eigenvalue weighted by molar-refractivity contribution is 0.259. The van der Waals surface area contributed by atoms with Crippen molar-refractivity contribution in [3.8, 4) is 11.8 Å². The van der Waals surface area contributed by atoms with E-state index in [1.807, 2.05) is 0 Å². The van der Waals surface area contributed by atoms with Gasteiger partial charge < -0.3 is 5.73 Å². The minimum absolute atomic E-state index is 0.287. The van der Waals surface area contributed by atoms with Gasteiger partial charge in [0.25, 0.3) is 0 Å². The van der Waals surface area contributed by atoms with E-state index in [1.54, 1.807) is 25.1 Å². The number of anilines is 1. The number of nitrogens with zero attached hydrogens (tertiary/aromatic N) is 1. The number of hydrogen-bond donors (Lipinski definition) is 2. The summed E-state index contributed by atoms with van der Waals surface area (Å²) in [4.78, 5) is 14.7. The molecule has 1 aromatic carbocycles. The van der Waals surface area contributed by atoms with E-state index >= 15 is 0 Å². The molecule has 1 aromatic heterocycles. The molecule has 0 atom stereocenters. The first-order valence-electron chi connectivity index (χ1n) is 5.85. The molecule has 0 aliphatic carbocycles. The number of nitrogens with one attached hydrogen (secondary N) is 1. The Kier molecular flexibility index (Phi) is 3.96. The van der Waals surface area contributed by atoms with Crippen LogP contribution in [0.2, 0.25) is 0 Å². The van der Waals surface area contributed by atoms with E-state index in [0.717, 1.165) is 11.1 Å². The van der Waals surface area contributed by atoms with Gasteiger partial charge in [-0.2, -0.15) is 0 Å². The van der Waals surface area contributed by atoms with Gasteiger partial charge in [0.1, 0.15) is 11.6 Å². The lowest BCUT2D eigenvalue weighted by Gasteiger charge is -2.00. The Labute approximate surface area is 115 Å². The number of hydrogen-bond acceptors (Lipinski definition) is 2. The molecule has 0 unspecified atom stereocenters. The SMILES string of the molecule is Cc1cc(F)ccc1C#Cc1ccnc(NC(N)=O)c1. The van der Waals surface area contributed by atoms with Gasteiger partial charge >= 0.3 is 6.03 Å². The van der Waals surface area contributed by atoms with Crippen LogP contribution in [-0.2, 0) is 0 Å². The van der Waals surface area contributed by atoms with Gasteiger partial charge in [-0.25, -0.2) is 14.2 Å². The Morgan fingerprint density at radius 2 is 2.10 bits per heavy atom. The molecule has 0 spiro atoms. The van der Waals surface area contributed by atoms with Crippen LogP contribution in [0.3, 0.4) is 0 Å². The number of halogens is 1. The normalized spacial score (nSPS) is 9.50. The molecule has 2 rings (SSSR count). The van der Waals surface area contributed by atoms with Crippen molar-refractivity contribution in [2.24, 2.45) is 5.73 Å². The fraction of sp³-hybridized carbons (Fsp3) is 0.0667. The van der Waals surface area contributed by atoms with Crippen molar-refractivity contribution in [3.05, 3.63) is 59.0 Å². The number of carbonyl (C=O) groups excluding carboxylic acids is 1. The van der Waals surface area contributed by atoms with E-state index in [4.69, 9.17) is 5.73 Å². The van der Waals surface area contributed by atoms with Gasteiger partial charge in [0.05, 0.1) is 0 Å². The Morgan fingerprint density at radius 3 is 2.80 bits per heavy atom. The van der Waals surface area contributed by atoms with Crippen LogP contribution in [0.15, 0.2) is 36.5 Å². The molecule has 5 heteroatoms. The summed E-state index contributed by atoms with van der Waals surface area (Å²) in [7, 11) is 0. The van der Waals surface area contributed by atoms with Crippen molar-refractivity contribution in [1.29, 1.82) is 0 Å². The quantitative estimate of drug-likeness (QED) is 0.781. The monoisotopic (exact) mass is 269 g/mol. The van der Waals surface area contributed by atoms with Crippen molar-refractivity contribution >= 4 is 11.8 Å². The van der Waals surface area contributed by atoms with Gasteiger partial charge in [0.15, 0.2) is 0 Å². The highest BCUT2D eigenvalue weighted by Gasteiger charge is 1.99. The number of urea groups is 1. The van der Waals surface area contributed by atoms with E-state index in [-0.39, 0.29) is 5.82 Å². The second-order valence-corrected chi connectivity index (χ2v) is 4.13. The molecule has 100 valence electrons. The Morgan fingerprint density at radius 1 is 1.30 bits per heavy atom. The molecular weight excluding hydrogens is 257 g/mol. The van der Waals surface area contributed by atoms with E-state index in [0.29, 0.717) is 11.4 Å². The van der Waals surface area contributed by atoms with Gasteiger partial charge in [-0.05, 0) is 42.8 Å². The molecular formula is C15H12FN3O. The fourth-order valence-electron chi connectivity index (χ4n) is 1.61. The highest BCUT2D eigenvalue weighted by Crippen LogP contribution is 2.10. The minimum Gasteiger partial charge on any atom is -0.351 e. The number of pyridine rings is 1. The predicted octanol–water partition coefficient (Wildman–Crippen LogP) is 2.42. The van der Waals surface area contributed by atoms with Crippen molar-refractivity contribution in [2.45, 2.75) is 6.92 Å². The smallest absolute Gasteiger partial charge is 0.317 e. The summed E-state index contributed by atoms with van der Waals surface area (Å²) in [6.45, 7) is 1.79. The zero-order chi connectivity index (χ0) is 14.5. The van der Waals surface area contributed by atoms with E-state index in [1.165, 1.54) is 18.3 Å². The number of carbonyl (C=O) groups is 1. The number of aromatic nitrogens is 1. The third-order valence-electron chi connectivity index (χ3n) is 2.54. The van der Waals surface area contributed by atoms with Crippen LogP contribution in [0.5, 0.6) is 0 Å². The highest BCUT2D eigenvalue weighted by atomic mass is 19.1. The topological polar surface area (TPSA) is 68.0 Å². The van der Waals surface area contributed by atoms with E-state index < -0.39 is 6.03 Å². The van der Waals surface area contributed by atoms with Gasteiger partial charge in [0.2, 0.25) is 0 Å². The summed E-state index contributed by atoms with van der Waals surface area (Å²) < 4.78 is 13.0. The number of nitrogens with two attached hydrogens (primary N) is 1. The highest BCUT2D eigenvalue weighted by molar-refractivity contribution is 5.86.